The number of nitrogens with zero attached hydrogens (tertiary/aromatic N) is 1. The van der Waals surface area contributed by atoms with Crippen LogP contribution < -0.4 is 5.32 Å². The van der Waals surface area contributed by atoms with Gasteiger partial charge in [0.05, 0.1) is 6.04 Å². The van der Waals surface area contributed by atoms with E-state index in [-0.39, 0.29) is 18.1 Å². The third-order valence-electron chi connectivity index (χ3n) is 3.74. The van der Waals surface area contributed by atoms with Gasteiger partial charge in [0.2, 0.25) is 5.91 Å². The average Bonchev–Trinajstić information content (AvgIpc) is 2.67. The van der Waals surface area contributed by atoms with E-state index in [9.17, 15) is 4.79 Å². The number of nitrogens with one attached hydrogen (secondary N) is 1. The second kappa shape index (κ2) is 5.93. The highest BCUT2D eigenvalue weighted by Gasteiger charge is 2.37. The Morgan fingerprint density at radius 1 is 1.47 bits per heavy atom. The number of halogens is 1. The average molecular weight is 281 g/mol. The molecule has 1 amide bonds. The highest BCUT2D eigenvalue weighted by molar-refractivity contribution is 6.30. The Bertz CT molecular complexity index is 463. The number of carbonyl (C=O) groups excluding carboxylic acids is 1. The predicted octanol–water partition coefficient (Wildman–Crippen LogP) is 3.21. The molecule has 104 valence electrons. The lowest BCUT2D eigenvalue weighted by molar-refractivity contribution is -0.130. The van der Waals surface area contributed by atoms with Crippen molar-refractivity contribution in [2.24, 2.45) is 5.92 Å². The first-order valence-electron chi connectivity index (χ1n) is 6.85. The highest BCUT2D eigenvalue weighted by Crippen LogP contribution is 2.28. The van der Waals surface area contributed by atoms with Crippen molar-refractivity contribution in [2.45, 2.75) is 39.4 Å². The summed E-state index contributed by atoms with van der Waals surface area (Å²) in [5, 5.41) is 4.05. The summed E-state index contributed by atoms with van der Waals surface area (Å²) in [5.74, 6) is 0.669. The Balaban J connectivity index is 2.24. The van der Waals surface area contributed by atoms with Crippen LogP contribution in [0.5, 0.6) is 0 Å². The van der Waals surface area contributed by atoms with Gasteiger partial charge in [-0.2, -0.15) is 0 Å². The molecular weight excluding hydrogens is 260 g/mol. The van der Waals surface area contributed by atoms with E-state index in [2.05, 4.69) is 19.2 Å². The molecule has 3 nitrogen and oxygen atoms in total. The van der Waals surface area contributed by atoms with E-state index in [1.165, 1.54) is 0 Å². The summed E-state index contributed by atoms with van der Waals surface area (Å²) in [6, 6.07) is 7.58. The van der Waals surface area contributed by atoms with Crippen LogP contribution in [0.4, 0.5) is 0 Å². The second-order valence-electron chi connectivity index (χ2n) is 5.35. The lowest BCUT2D eigenvalue weighted by Gasteiger charge is -2.27. The Morgan fingerprint density at radius 2 is 2.21 bits per heavy atom. The quantitative estimate of drug-likeness (QED) is 0.919. The normalized spacial score (nSPS) is 24.8. The van der Waals surface area contributed by atoms with Crippen molar-refractivity contribution < 1.29 is 4.79 Å². The smallest absolute Gasteiger partial charge is 0.241 e. The first-order valence-corrected chi connectivity index (χ1v) is 7.22. The summed E-state index contributed by atoms with van der Waals surface area (Å²) in [4.78, 5) is 14.2. The van der Waals surface area contributed by atoms with Crippen molar-refractivity contribution in [1.82, 2.24) is 10.2 Å². The monoisotopic (exact) mass is 280 g/mol. The molecule has 1 aromatic carbocycles. The molecule has 3 atom stereocenters. The highest BCUT2D eigenvalue weighted by atomic mass is 35.5. The Morgan fingerprint density at radius 3 is 2.84 bits per heavy atom. The third kappa shape index (κ3) is 3.10. The maximum atomic E-state index is 12.3. The van der Waals surface area contributed by atoms with Gasteiger partial charge in [0.1, 0.15) is 6.17 Å². The van der Waals surface area contributed by atoms with Crippen LogP contribution in [0, 0.1) is 5.92 Å². The van der Waals surface area contributed by atoms with E-state index < -0.39 is 0 Å². The topological polar surface area (TPSA) is 32.3 Å². The van der Waals surface area contributed by atoms with Crippen molar-refractivity contribution in [2.75, 3.05) is 6.54 Å². The maximum Gasteiger partial charge on any atom is 0.241 e. The van der Waals surface area contributed by atoms with E-state index in [4.69, 9.17) is 11.6 Å². The van der Waals surface area contributed by atoms with E-state index in [0.717, 1.165) is 18.5 Å². The van der Waals surface area contributed by atoms with Crippen molar-refractivity contribution in [3.63, 3.8) is 0 Å². The van der Waals surface area contributed by atoms with Gasteiger partial charge in [-0.1, -0.05) is 44.0 Å². The number of rotatable bonds is 4. The predicted molar refractivity (Wildman–Crippen MR) is 78.0 cm³/mol. The molecule has 1 aliphatic heterocycles. The van der Waals surface area contributed by atoms with E-state index >= 15 is 0 Å². The number of hydrogen-bond acceptors (Lipinski definition) is 2. The SMILES string of the molecule is CCC(C)CN1C(=O)C(C)NC1c1cccc(Cl)c1. The molecule has 2 rings (SSSR count). The maximum absolute atomic E-state index is 12.3. The minimum atomic E-state index is -0.131. The van der Waals surface area contributed by atoms with Crippen molar-refractivity contribution in [3.8, 4) is 0 Å². The number of benzene rings is 1. The van der Waals surface area contributed by atoms with Gasteiger partial charge in [0.25, 0.3) is 0 Å². The standard InChI is InChI=1S/C15H21ClN2O/c1-4-10(2)9-18-14(17-11(3)15(18)19)12-6-5-7-13(16)8-12/h5-8,10-11,14,17H,4,9H2,1-3H3. The Kier molecular flexibility index (Phi) is 4.48. The van der Waals surface area contributed by atoms with E-state index in [0.29, 0.717) is 10.9 Å². The third-order valence-corrected chi connectivity index (χ3v) is 3.98. The molecule has 4 heteroatoms. The van der Waals surface area contributed by atoms with E-state index in [1.807, 2.05) is 36.1 Å². The van der Waals surface area contributed by atoms with Crippen LogP contribution in [0.25, 0.3) is 0 Å². The zero-order valence-electron chi connectivity index (χ0n) is 11.7. The van der Waals surface area contributed by atoms with Crippen LogP contribution in [0.3, 0.4) is 0 Å². The minimum Gasteiger partial charge on any atom is -0.321 e. The van der Waals surface area contributed by atoms with Crippen molar-refractivity contribution >= 4 is 17.5 Å². The molecule has 0 spiro atoms. The molecule has 1 fully saturated rings. The molecule has 1 aliphatic rings. The molecule has 0 bridgehead atoms. The molecule has 0 aromatic heterocycles. The summed E-state index contributed by atoms with van der Waals surface area (Å²) in [6.07, 6.45) is 1.01. The van der Waals surface area contributed by atoms with Crippen LogP contribution in [0.15, 0.2) is 24.3 Å². The van der Waals surface area contributed by atoms with Gasteiger partial charge >= 0.3 is 0 Å². The van der Waals surface area contributed by atoms with Crippen LogP contribution in [-0.4, -0.2) is 23.4 Å². The van der Waals surface area contributed by atoms with Crippen LogP contribution in [0.1, 0.15) is 38.9 Å². The summed E-state index contributed by atoms with van der Waals surface area (Å²) in [5.41, 5.74) is 1.05. The fourth-order valence-corrected chi connectivity index (χ4v) is 2.59. The number of hydrogen-bond donors (Lipinski definition) is 1. The lowest BCUT2D eigenvalue weighted by Crippen LogP contribution is -2.34. The van der Waals surface area contributed by atoms with Gasteiger partial charge in [0, 0.05) is 11.6 Å². The number of amides is 1. The second-order valence-corrected chi connectivity index (χ2v) is 5.79. The van der Waals surface area contributed by atoms with Crippen LogP contribution >= 0.6 is 11.6 Å². The Labute approximate surface area is 119 Å². The molecule has 3 unspecified atom stereocenters. The van der Waals surface area contributed by atoms with Crippen molar-refractivity contribution in [3.05, 3.63) is 34.9 Å². The summed E-state index contributed by atoms with van der Waals surface area (Å²) >= 11 is 6.05. The zero-order chi connectivity index (χ0) is 14.0. The zero-order valence-corrected chi connectivity index (χ0v) is 12.4. The molecule has 0 radical (unpaired) electrons. The summed E-state index contributed by atoms with van der Waals surface area (Å²) in [7, 11) is 0. The first-order chi connectivity index (χ1) is 9.02. The molecule has 0 aliphatic carbocycles. The fourth-order valence-electron chi connectivity index (χ4n) is 2.39. The van der Waals surface area contributed by atoms with Crippen LogP contribution in [-0.2, 0) is 4.79 Å². The van der Waals surface area contributed by atoms with Gasteiger partial charge in [-0.05, 0) is 30.5 Å². The lowest BCUT2D eigenvalue weighted by atomic mass is 10.1. The molecule has 0 saturated carbocycles. The molecular formula is C15H21ClN2O. The number of carbonyl (C=O) groups is 1. The minimum absolute atomic E-state index is 0.0600. The van der Waals surface area contributed by atoms with E-state index in [1.54, 1.807) is 0 Å². The summed E-state index contributed by atoms with van der Waals surface area (Å²) < 4.78 is 0. The van der Waals surface area contributed by atoms with Gasteiger partial charge in [-0.25, -0.2) is 0 Å². The molecule has 1 saturated heterocycles. The molecule has 1 aromatic rings. The molecule has 1 N–H and O–H groups in total. The van der Waals surface area contributed by atoms with Gasteiger partial charge < -0.3 is 4.90 Å². The van der Waals surface area contributed by atoms with Crippen molar-refractivity contribution in [1.29, 1.82) is 0 Å². The molecule has 19 heavy (non-hydrogen) atoms. The fraction of sp³-hybridized carbons (Fsp3) is 0.533. The summed E-state index contributed by atoms with van der Waals surface area (Å²) in [6.45, 7) is 7.02. The van der Waals surface area contributed by atoms with Gasteiger partial charge in [-0.15, -0.1) is 0 Å². The molecule has 1 heterocycles. The Hall–Kier alpha value is -1.06. The first kappa shape index (κ1) is 14.4. The van der Waals surface area contributed by atoms with Gasteiger partial charge in [0.15, 0.2) is 0 Å². The largest absolute Gasteiger partial charge is 0.321 e. The van der Waals surface area contributed by atoms with Crippen LogP contribution in [0.2, 0.25) is 5.02 Å². The van der Waals surface area contributed by atoms with Gasteiger partial charge in [-0.3, -0.25) is 10.1 Å².